The summed E-state index contributed by atoms with van der Waals surface area (Å²) in [6.07, 6.45) is 0.602. The van der Waals surface area contributed by atoms with Crippen molar-refractivity contribution in [3.63, 3.8) is 0 Å². The van der Waals surface area contributed by atoms with Crippen LogP contribution < -0.4 is 14.8 Å². The Bertz CT molecular complexity index is 899. The lowest BCUT2D eigenvalue weighted by molar-refractivity contribution is 0.102. The fraction of sp³-hybridized carbons (Fsp3) is 0.211. The lowest BCUT2D eigenvalue weighted by Gasteiger charge is -2.09. The van der Waals surface area contributed by atoms with Crippen molar-refractivity contribution in [2.75, 3.05) is 25.3 Å². The van der Waals surface area contributed by atoms with Crippen molar-refractivity contribution in [2.45, 2.75) is 11.3 Å². The van der Waals surface area contributed by atoms with Crippen LogP contribution in [0.2, 0.25) is 0 Å². The molecule has 8 heteroatoms. The number of nitrogens with zero attached hydrogens (tertiary/aromatic N) is 2. The molecule has 1 heterocycles. The van der Waals surface area contributed by atoms with Crippen molar-refractivity contribution >= 4 is 23.7 Å². The minimum Gasteiger partial charge on any atom is -0.497 e. The molecule has 27 heavy (non-hydrogen) atoms. The van der Waals surface area contributed by atoms with Crippen molar-refractivity contribution in [2.24, 2.45) is 0 Å². The van der Waals surface area contributed by atoms with Gasteiger partial charge in [0.25, 0.3) is 5.91 Å². The molecule has 7 nitrogen and oxygen atoms in total. The highest BCUT2D eigenvalue weighted by Gasteiger charge is 2.17. The summed E-state index contributed by atoms with van der Waals surface area (Å²) in [5, 5.41) is 10.4. The zero-order valence-corrected chi connectivity index (χ0v) is 15.8. The van der Waals surface area contributed by atoms with E-state index >= 15 is 0 Å². The van der Waals surface area contributed by atoms with Gasteiger partial charge in [0, 0.05) is 17.1 Å². The highest BCUT2D eigenvalue weighted by atomic mass is 32.2. The first-order chi connectivity index (χ1) is 13.2. The van der Waals surface area contributed by atoms with E-state index in [9.17, 15) is 4.79 Å². The Morgan fingerprint density at radius 3 is 2.67 bits per heavy atom. The van der Waals surface area contributed by atoms with Gasteiger partial charge in [-0.05, 0) is 30.3 Å². The summed E-state index contributed by atoms with van der Waals surface area (Å²) in [5.74, 6) is 1.81. The third-order valence-electron chi connectivity index (χ3n) is 3.67. The van der Waals surface area contributed by atoms with E-state index in [0.717, 1.165) is 5.75 Å². The average Bonchev–Trinajstić information content (AvgIpc) is 3.15. The standard InChI is InChI=1S/C19H19N3O4S/c1-24-13-8-9-16(25-2)15(12-13)18(23)20-19-22-21-17(26-19)10-11-27-14-6-4-3-5-7-14/h3-9,12H,10-11H2,1-2H3,(H,20,22,23). The van der Waals surface area contributed by atoms with Crippen LogP contribution in [-0.4, -0.2) is 36.1 Å². The summed E-state index contributed by atoms with van der Waals surface area (Å²) in [5.41, 5.74) is 0.316. The molecule has 1 aromatic heterocycles. The number of aromatic nitrogens is 2. The maximum absolute atomic E-state index is 12.5. The molecule has 0 saturated carbocycles. The smallest absolute Gasteiger partial charge is 0.322 e. The van der Waals surface area contributed by atoms with Gasteiger partial charge in [-0.2, -0.15) is 0 Å². The Morgan fingerprint density at radius 2 is 1.93 bits per heavy atom. The van der Waals surface area contributed by atoms with Crippen LogP contribution in [0.4, 0.5) is 6.01 Å². The van der Waals surface area contributed by atoms with Crippen molar-refractivity contribution in [3.8, 4) is 11.5 Å². The van der Waals surface area contributed by atoms with Crippen LogP contribution in [-0.2, 0) is 6.42 Å². The number of rotatable bonds is 8. The van der Waals surface area contributed by atoms with Crippen molar-refractivity contribution in [1.29, 1.82) is 0 Å². The zero-order valence-electron chi connectivity index (χ0n) is 15.0. The number of anilines is 1. The quantitative estimate of drug-likeness (QED) is 0.592. The first kappa shape index (κ1) is 18.8. The summed E-state index contributed by atoms with van der Waals surface area (Å²) in [6, 6.07) is 15.1. The fourth-order valence-electron chi connectivity index (χ4n) is 2.33. The SMILES string of the molecule is COc1ccc(OC)c(C(=O)Nc2nnc(CCSc3ccccc3)o2)c1. The van der Waals surface area contributed by atoms with Gasteiger partial charge in [-0.1, -0.05) is 23.3 Å². The number of hydrogen-bond acceptors (Lipinski definition) is 7. The van der Waals surface area contributed by atoms with Crippen molar-refractivity contribution in [3.05, 3.63) is 60.0 Å². The van der Waals surface area contributed by atoms with Crippen LogP contribution in [0.15, 0.2) is 57.8 Å². The molecule has 0 atom stereocenters. The summed E-state index contributed by atoms with van der Waals surface area (Å²) in [4.78, 5) is 13.7. The number of ether oxygens (including phenoxy) is 2. The normalized spacial score (nSPS) is 10.4. The molecule has 0 aliphatic carbocycles. The number of aryl methyl sites for hydroxylation is 1. The Morgan fingerprint density at radius 1 is 1.11 bits per heavy atom. The molecule has 0 radical (unpaired) electrons. The van der Waals surface area contributed by atoms with Gasteiger partial charge in [-0.25, -0.2) is 0 Å². The van der Waals surface area contributed by atoms with E-state index in [1.165, 1.54) is 19.1 Å². The van der Waals surface area contributed by atoms with E-state index in [1.807, 2.05) is 30.3 Å². The van der Waals surface area contributed by atoms with E-state index < -0.39 is 5.91 Å². The molecular formula is C19H19N3O4S. The molecular weight excluding hydrogens is 366 g/mol. The molecule has 0 saturated heterocycles. The topological polar surface area (TPSA) is 86.5 Å². The predicted octanol–water partition coefficient (Wildman–Crippen LogP) is 3.67. The van der Waals surface area contributed by atoms with Gasteiger partial charge in [0.2, 0.25) is 5.89 Å². The molecule has 3 rings (SSSR count). The van der Waals surface area contributed by atoms with Crippen LogP contribution >= 0.6 is 11.8 Å². The number of benzene rings is 2. The van der Waals surface area contributed by atoms with Crippen LogP contribution in [0.1, 0.15) is 16.2 Å². The Hall–Kier alpha value is -3.00. The fourth-order valence-corrected chi connectivity index (χ4v) is 3.20. The van der Waals surface area contributed by atoms with Gasteiger partial charge in [0.1, 0.15) is 11.5 Å². The van der Waals surface area contributed by atoms with E-state index in [0.29, 0.717) is 29.4 Å². The molecule has 1 N–H and O–H groups in total. The van der Waals surface area contributed by atoms with Gasteiger partial charge < -0.3 is 13.9 Å². The Labute approximate surface area is 161 Å². The van der Waals surface area contributed by atoms with Crippen LogP contribution in [0, 0.1) is 0 Å². The number of hydrogen-bond donors (Lipinski definition) is 1. The third-order valence-corrected chi connectivity index (χ3v) is 4.68. The highest BCUT2D eigenvalue weighted by Crippen LogP contribution is 2.25. The second-order valence-corrected chi connectivity index (χ2v) is 6.60. The zero-order chi connectivity index (χ0) is 19.1. The van der Waals surface area contributed by atoms with E-state index in [4.69, 9.17) is 13.9 Å². The molecule has 0 aliphatic rings. The van der Waals surface area contributed by atoms with Crippen molar-refractivity contribution < 1.29 is 18.7 Å². The molecule has 0 unspecified atom stereocenters. The van der Waals surface area contributed by atoms with E-state index in [1.54, 1.807) is 30.0 Å². The largest absolute Gasteiger partial charge is 0.497 e. The van der Waals surface area contributed by atoms with E-state index in [2.05, 4.69) is 15.5 Å². The van der Waals surface area contributed by atoms with Gasteiger partial charge >= 0.3 is 6.01 Å². The van der Waals surface area contributed by atoms with Crippen LogP contribution in [0.5, 0.6) is 11.5 Å². The molecule has 0 fully saturated rings. The minimum absolute atomic E-state index is 0.0459. The lowest BCUT2D eigenvalue weighted by atomic mass is 10.1. The van der Waals surface area contributed by atoms with Crippen molar-refractivity contribution in [1.82, 2.24) is 10.2 Å². The van der Waals surface area contributed by atoms with E-state index in [-0.39, 0.29) is 6.01 Å². The van der Waals surface area contributed by atoms with Crippen LogP contribution in [0.3, 0.4) is 0 Å². The number of carbonyl (C=O) groups excluding carboxylic acids is 1. The monoisotopic (exact) mass is 385 g/mol. The molecule has 2 aromatic carbocycles. The molecule has 1 amide bonds. The second-order valence-electron chi connectivity index (χ2n) is 5.43. The van der Waals surface area contributed by atoms with Crippen LogP contribution in [0.25, 0.3) is 0 Å². The average molecular weight is 385 g/mol. The molecule has 0 bridgehead atoms. The molecule has 3 aromatic rings. The Balaban J connectivity index is 1.59. The number of amides is 1. The second kappa shape index (κ2) is 9.09. The minimum atomic E-state index is -0.417. The number of carbonyl (C=O) groups is 1. The number of nitrogens with one attached hydrogen (secondary N) is 1. The molecule has 0 aliphatic heterocycles. The first-order valence-electron chi connectivity index (χ1n) is 8.23. The molecule has 0 spiro atoms. The summed E-state index contributed by atoms with van der Waals surface area (Å²) in [7, 11) is 3.02. The number of methoxy groups -OCH3 is 2. The predicted molar refractivity (Wildman–Crippen MR) is 103 cm³/mol. The first-order valence-corrected chi connectivity index (χ1v) is 9.21. The molecule has 140 valence electrons. The summed E-state index contributed by atoms with van der Waals surface area (Å²) < 4.78 is 15.9. The van der Waals surface area contributed by atoms with Gasteiger partial charge in [0.15, 0.2) is 0 Å². The Kier molecular flexibility index (Phi) is 6.32. The van der Waals surface area contributed by atoms with Gasteiger partial charge in [-0.3, -0.25) is 10.1 Å². The third kappa shape index (κ3) is 5.01. The van der Waals surface area contributed by atoms with Gasteiger partial charge in [0.05, 0.1) is 19.8 Å². The summed E-state index contributed by atoms with van der Waals surface area (Å²) in [6.45, 7) is 0. The maximum atomic E-state index is 12.5. The lowest BCUT2D eigenvalue weighted by Crippen LogP contribution is -2.13. The maximum Gasteiger partial charge on any atom is 0.322 e. The number of thioether (sulfide) groups is 1. The van der Waals surface area contributed by atoms with Gasteiger partial charge in [-0.15, -0.1) is 16.9 Å². The highest BCUT2D eigenvalue weighted by molar-refractivity contribution is 7.99. The summed E-state index contributed by atoms with van der Waals surface area (Å²) >= 11 is 1.70.